The zero-order chi connectivity index (χ0) is 28.4. The summed E-state index contributed by atoms with van der Waals surface area (Å²) in [4.78, 5) is 52.3. The molecule has 1 aromatic rings. The molecule has 4 unspecified atom stereocenters. The molecule has 10 N–H and O–H groups in total. The van der Waals surface area contributed by atoms with Crippen LogP contribution in [0.5, 0.6) is 5.75 Å². The molecule has 3 aliphatic rings. The van der Waals surface area contributed by atoms with Gasteiger partial charge in [0.15, 0.2) is 17.1 Å². The number of fused-ring (bicyclic) bond motifs is 3. The Bertz CT molecular complexity index is 1340. The van der Waals surface area contributed by atoms with E-state index in [1.807, 2.05) is 0 Å². The number of rotatable bonds is 5. The quantitative estimate of drug-likeness (QED) is 0.120. The predicted molar refractivity (Wildman–Crippen MR) is 128 cm³/mol. The molecule has 6 atom stereocenters. The molecule has 1 aromatic carbocycles. The largest absolute Gasteiger partial charge is 0.510 e. The summed E-state index contributed by atoms with van der Waals surface area (Å²) in [5.41, 5.74) is 2.08. The van der Waals surface area contributed by atoms with Crippen molar-refractivity contribution >= 4 is 29.1 Å². The van der Waals surface area contributed by atoms with Crippen LogP contribution in [0, 0.1) is 11.8 Å². The van der Waals surface area contributed by atoms with Gasteiger partial charge in [-0.3, -0.25) is 24.1 Å². The van der Waals surface area contributed by atoms with Gasteiger partial charge in [0.25, 0.3) is 5.91 Å². The number of aliphatic hydroxyl groups is 4. The molecule has 0 spiro atoms. The van der Waals surface area contributed by atoms with Gasteiger partial charge in [0.05, 0.1) is 29.3 Å². The Morgan fingerprint density at radius 1 is 1.16 bits per heavy atom. The van der Waals surface area contributed by atoms with Crippen molar-refractivity contribution in [3.05, 3.63) is 45.9 Å². The third kappa shape index (κ3) is 3.53. The van der Waals surface area contributed by atoms with Crippen molar-refractivity contribution in [2.45, 2.75) is 30.6 Å². The highest BCUT2D eigenvalue weighted by molar-refractivity contribution is 6.25. The summed E-state index contributed by atoms with van der Waals surface area (Å²) in [7, 11) is 2.90. The van der Waals surface area contributed by atoms with Gasteiger partial charge in [-0.2, -0.15) is 5.48 Å². The number of aromatic hydroxyl groups is 1. The maximum Gasteiger partial charge on any atom is 0.255 e. The molecule has 2 amide bonds. The average molecular weight is 533 g/mol. The highest BCUT2D eigenvalue weighted by Crippen LogP contribution is 2.55. The second kappa shape index (κ2) is 9.18. The maximum absolute atomic E-state index is 13.7. The summed E-state index contributed by atoms with van der Waals surface area (Å²) < 4.78 is 0. The van der Waals surface area contributed by atoms with Crippen LogP contribution in [0.4, 0.5) is 5.69 Å². The van der Waals surface area contributed by atoms with Crippen LogP contribution in [0.2, 0.25) is 0 Å². The highest BCUT2D eigenvalue weighted by atomic mass is 16.5. The monoisotopic (exact) mass is 532 g/mol. The normalized spacial score (nSPS) is 30.7. The topological polar surface area (TPSA) is 243 Å². The van der Waals surface area contributed by atoms with Crippen molar-refractivity contribution in [1.82, 2.24) is 10.4 Å². The lowest BCUT2D eigenvalue weighted by Gasteiger charge is -2.53. The third-order valence-electron chi connectivity index (χ3n) is 7.64. The summed E-state index contributed by atoms with van der Waals surface area (Å²) >= 11 is 0. The molecule has 14 heteroatoms. The molecule has 0 saturated carbocycles. The summed E-state index contributed by atoms with van der Waals surface area (Å²) in [5, 5.41) is 67.2. The van der Waals surface area contributed by atoms with Gasteiger partial charge in [0.1, 0.15) is 23.6 Å². The van der Waals surface area contributed by atoms with E-state index in [0.717, 1.165) is 0 Å². The van der Waals surface area contributed by atoms with Crippen molar-refractivity contribution < 1.29 is 49.9 Å². The van der Waals surface area contributed by atoms with E-state index in [4.69, 9.17) is 10.9 Å². The lowest BCUT2D eigenvalue weighted by atomic mass is 9.55. The number of primary amides is 1. The number of likely N-dealkylation sites (N-methyl/N-ethyl adjacent to an activating group) is 1. The lowest BCUT2D eigenvalue weighted by molar-refractivity contribution is -0.162. The third-order valence-corrected chi connectivity index (χ3v) is 7.64. The predicted octanol–water partition coefficient (Wildman–Crippen LogP) is -1.43. The van der Waals surface area contributed by atoms with E-state index >= 15 is 0 Å². The molecule has 204 valence electrons. The first-order chi connectivity index (χ1) is 17.7. The number of hydrogen-bond donors (Lipinski definition) is 9. The van der Waals surface area contributed by atoms with Gasteiger partial charge in [-0.15, -0.1) is 0 Å². The number of nitrogens with two attached hydrogens (primary N) is 1. The van der Waals surface area contributed by atoms with Gasteiger partial charge < -0.3 is 41.8 Å². The van der Waals surface area contributed by atoms with Crippen LogP contribution >= 0.6 is 0 Å². The molecule has 4 rings (SSSR count). The van der Waals surface area contributed by atoms with Gasteiger partial charge in [0, 0.05) is 11.5 Å². The number of amides is 2. The standard InChI is InChI=1S/C24H28N4O10/c1-7-8-4-5-9(27-10(29)6-26-38)17(30)12(8)18(31)13-11(7)19(32)15-16(28(2)3)20(33)14(23(25)36)22(35)24(15,37)21(13)34/h4-5,7,11,15-16,19,26,30,32-34,37-38H,6H2,1-3H3,(H2,25,36)(H,27,29)/t7?,11?,15?,16-,19?,24-/m0/s1. The van der Waals surface area contributed by atoms with Gasteiger partial charge in [0.2, 0.25) is 11.7 Å². The Kier molecular flexibility index (Phi) is 6.58. The van der Waals surface area contributed by atoms with E-state index in [9.17, 15) is 44.7 Å². The average Bonchev–Trinajstić information content (AvgIpc) is 2.82. The van der Waals surface area contributed by atoms with Crippen LogP contribution in [0.25, 0.3) is 0 Å². The molecule has 0 saturated heterocycles. The first kappa shape index (κ1) is 27.2. The minimum Gasteiger partial charge on any atom is -0.510 e. The lowest BCUT2D eigenvalue weighted by Crippen LogP contribution is -2.68. The molecular formula is C24H28N4O10. The SMILES string of the molecule is CC1c2ccc(NC(=O)CNO)c(O)c2C(=O)C2=C(O)[C@]3(O)C(=O)C(C(N)=O)=C(O)[C@@H](N(C)C)C3C(O)C21. The van der Waals surface area contributed by atoms with Gasteiger partial charge in [-0.1, -0.05) is 13.0 Å². The first-order valence-corrected chi connectivity index (χ1v) is 11.6. The number of nitrogens with one attached hydrogen (secondary N) is 2. The van der Waals surface area contributed by atoms with E-state index in [1.165, 1.54) is 31.1 Å². The molecule has 0 fully saturated rings. The van der Waals surface area contributed by atoms with Crippen LogP contribution in [0.1, 0.15) is 28.8 Å². The second-order valence-electron chi connectivity index (χ2n) is 9.86. The zero-order valence-corrected chi connectivity index (χ0v) is 20.6. The van der Waals surface area contributed by atoms with Crippen molar-refractivity contribution in [2.75, 3.05) is 26.0 Å². The van der Waals surface area contributed by atoms with E-state index in [2.05, 4.69) is 5.32 Å². The molecule has 0 radical (unpaired) electrons. The molecule has 14 nitrogen and oxygen atoms in total. The molecule has 0 aliphatic heterocycles. The Morgan fingerprint density at radius 2 is 1.79 bits per heavy atom. The molecular weight excluding hydrogens is 504 g/mol. The number of carbonyl (C=O) groups excluding carboxylic acids is 4. The molecule has 0 heterocycles. The van der Waals surface area contributed by atoms with Crippen LogP contribution in [0.15, 0.2) is 34.8 Å². The fraction of sp³-hybridized carbons (Fsp3) is 0.417. The smallest absolute Gasteiger partial charge is 0.255 e. The van der Waals surface area contributed by atoms with E-state index in [1.54, 1.807) is 12.4 Å². The van der Waals surface area contributed by atoms with Crippen LogP contribution in [-0.4, -0.2) is 97.4 Å². The Labute approximate surface area is 215 Å². The second-order valence-corrected chi connectivity index (χ2v) is 9.86. The van der Waals surface area contributed by atoms with Crippen molar-refractivity contribution in [2.24, 2.45) is 17.6 Å². The number of carbonyl (C=O) groups is 4. The number of phenols is 1. The highest BCUT2D eigenvalue weighted by Gasteiger charge is 2.67. The Morgan fingerprint density at radius 3 is 2.34 bits per heavy atom. The summed E-state index contributed by atoms with van der Waals surface area (Å²) in [5.74, 6) is -10.9. The van der Waals surface area contributed by atoms with E-state index in [0.29, 0.717) is 0 Å². The van der Waals surface area contributed by atoms with Gasteiger partial charge >= 0.3 is 0 Å². The van der Waals surface area contributed by atoms with E-state index in [-0.39, 0.29) is 16.8 Å². The first-order valence-electron chi connectivity index (χ1n) is 11.6. The van der Waals surface area contributed by atoms with Crippen molar-refractivity contribution in [3.8, 4) is 5.75 Å². The Hall–Kier alpha value is -3.82. The van der Waals surface area contributed by atoms with Crippen LogP contribution in [0.3, 0.4) is 0 Å². The molecule has 38 heavy (non-hydrogen) atoms. The maximum atomic E-state index is 13.7. The zero-order valence-electron chi connectivity index (χ0n) is 20.6. The summed E-state index contributed by atoms with van der Waals surface area (Å²) in [6.45, 7) is 1.07. The van der Waals surface area contributed by atoms with Crippen LogP contribution in [-0.2, 0) is 14.4 Å². The number of hydrogen-bond acceptors (Lipinski definition) is 12. The van der Waals surface area contributed by atoms with Gasteiger partial charge in [-0.25, -0.2) is 0 Å². The fourth-order valence-electron chi connectivity index (χ4n) is 5.99. The van der Waals surface area contributed by atoms with Crippen molar-refractivity contribution in [3.63, 3.8) is 0 Å². The van der Waals surface area contributed by atoms with E-state index < -0.39 is 93.8 Å². The number of phenolic OH excluding ortho intramolecular Hbond substituents is 1. The molecule has 0 bridgehead atoms. The van der Waals surface area contributed by atoms with Gasteiger partial charge in [-0.05, 0) is 31.6 Å². The number of nitrogens with zero attached hydrogens (tertiary/aromatic N) is 1. The van der Waals surface area contributed by atoms with Crippen molar-refractivity contribution in [1.29, 1.82) is 0 Å². The molecule has 0 aromatic heterocycles. The minimum atomic E-state index is -3.02. The summed E-state index contributed by atoms with van der Waals surface area (Å²) in [6, 6.07) is 1.39. The summed E-state index contributed by atoms with van der Waals surface area (Å²) in [6.07, 6.45) is -1.71. The number of benzene rings is 1. The number of ketones is 2. The number of Topliss-reactive ketones (excluding diaryl/α,β-unsaturated/α-hetero) is 2. The molecule has 3 aliphatic carbocycles. The number of hydroxylamine groups is 1. The number of aliphatic hydroxyl groups excluding tert-OH is 3. The number of anilines is 1. The Balaban J connectivity index is 1.96. The van der Waals surface area contributed by atoms with Crippen LogP contribution < -0.4 is 16.5 Å². The minimum absolute atomic E-state index is 0.193. The fourth-order valence-corrected chi connectivity index (χ4v) is 5.99.